The van der Waals surface area contributed by atoms with E-state index in [1.54, 1.807) is 0 Å². The smallest absolute Gasteiger partial charge is 0.217 e. The van der Waals surface area contributed by atoms with Gasteiger partial charge in [-0.3, -0.25) is 5.41 Å². The molecule has 0 bridgehead atoms. The summed E-state index contributed by atoms with van der Waals surface area (Å²) in [5.74, 6) is 0.818. The Bertz CT molecular complexity index is 812. The van der Waals surface area contributed by atoms with E-state index in [-0.39, 0.29) is 5.90 Å². The molecule has 0 radical (unpaired) electrons. The molecule has 1 N–H and O–H groups in total. The van der Waals surface area contributed by atoms with Crippen LogP contribution in [0.2, 0.25) is 0 Å². The molecule has 0 aliphatic heterocycles. The Kier molecular flexibility index (Phi) is 4.57. The van der Waals surface area contributed by atoms with Gasteiger partial charge in [-0.1, -0.05) is 60.7 Å². The van der Waals surface area contributed by atoms with Crippen LogP contribution in [0.3, 0.4) is 0 Å². The molecule has 0 saturated heterocycles. The van der Waals surface area contributed by atoms with E-state index in [1.165, 1.54) is 0 Å². The predicted octanol–water partition coefficient (Wildman–Crippen LogP) is 4.78. The van der Waals surface area contributed by atoms with Crippen molar-refractivity contribution in [2.45, 2.75) is 13.5 Å². The minimum atomic E-state index is 0.146. The first kappa shape index (κ1) is 15.1. The molecule has 0 atom stereocenters. The molecule has 0 aliphatic rings. The normalized spacial score (nSPS) is 10.5. The van der Waals surface area contributed by atoms with Crippen LogP contribution in [0.15, 0.2) is 66.7 Å². The van der Waals surface area contributed by atoms with E-state index in [9.17, 15) is 0 Å². The van der Waals surface area contributed by atoms with Gasteiger partial charge in [-0.05, 0) is 29.3 Å². The summed E-state index contributed by atoms with van der Waals surface area (Å²) in [6.07, 6.45) is 0. The van der Waals surface area contributed by atoms with Crippen molar-refractivity contribution in [1.29, 1.82) is 5.41 Å². The van der Waals surface area contributed by atoms with Crippen molar-refractivity contribution >= 4 is 16.7 Å². The fourth-order valence-corrected chi connectivity index (χ4v) is 2.56. The highest BCUT2D eigenvalue weighted by Crippen LogP contribution is 2.29. The number of rotatable bonds is 5. The van der Waals surface area contributed by atoms with Crippen molar-refractivity contribution in [3.63, 3.8) is 0 Å². The monoisotopic (exact) mass is 305 g/mol. The van der Waals surface area contributed by atoms with Gasteiger partial charge >= 0.3 is 0 Å². The lowest BCUT2D eigenvalue weighted by atomic mass is 10.0. The van der Waals surface area contributed by atoms with Gasteiger partial charge in [-0.2, -0.15) is 0 Å². The maximum Gasteiger partial charge on any atom is 0.217 e. The topological polar surface area (TPSA) is 42.3 Å². The Morgan fingerprint density at radius 3 is 2.43 bits per heavy atom. The number of hydrogen-bond donors (Lipinski definition) is 1. The highest BCUT2D eigenvalue weighted by atomic mass is 16.5. The van der Waals surface area contributed by atoms with Gasteiger partial charge < -0.3 is 9.47 Å². The molecule has 0 aliphatic carbocycles. The number of hydrogen-bond acceptors (Lipinski definition) is 3. The van der Waals surface area contributed by atoms with Gasteiger partial charge in [0.2, 0.25) is 5.90 Å². The summed E-state index contributed by atoms with van der Waals surface area (Å²) >= 11 is 0. The highest BCUT2D eigenvalue weighted by Gasteiger charge is 2.15. The number of benzene rings is 3. The summed E-state index contributed by atoms with van der Waals surface area (Å²) in [5.41, 5.74) is 1.80. The molecule has 3 nitrogen and oxygen atoms in total. The summed E-state index contributed by atoms with van der Waals surface area (Å²) in [7, 11) is 0. The summed E-state index contributed by atoms with van der Waals surface area (Å²) in [4.78, 5) is 0. The van der Waals surface area contributed by atoms with E-state index in [2.05, 4.69) is 0 Å². The molecular weight excluding hydrogens is 286 g/mol. The lowest BCUT2D eigenvalue weighted by molar-refractivity contribution is 0.298. The summed E-state index contributed by atoms with van der Waals surface area (Å²) in [5, 5.41) is 10.3. The second kappa shape index (κ2) is 6.97. The van der Waals surface area contributed by atoms with Crippen LogP contribution in [-0.4, -0.2) is 12.5 Å². The lowest BCUT2D eigenvalue weighted by Crippen LogP contribution is -2.09. The van der Waals surface area contributed by atoms with Crippen LogP contribution in [0.25, 0.3) is 10.8 Å². The van der Waals surface area contributed by atoms with Crippen molar-refractivity contribution in [2.75, 3.05) is 6.61 Å². The maximum absolute atomic E-state index is 8.23. The Hall–Kier alpha value is -2.81. The van der Waals surface area contributed by atoms with Crippen LogP contribution >= 0.6 is 0 Å². The number of ether oxygens (including phenoxy) is 2. The van der Waals surface area contributed by atoms with E-state index >= 15 is 0 Å². The second-order valence-electron chi connectivity index (χ2n) is 5.20. The van der Waals surface area contributed by atoms with Crippen molar-refractivity contribution in [3.05, 3.63) is 77.9 Å². The molecule has 23 heavy (non-hydrogen) atoms. The minimum absolute atomic E-state index is 0.146. The maximum atomic E-state index is 8.23. The average Bonchev–Trinajstić information content (AvgIpc) is 2.60. The Balaban J connectivity index is 1.98. The van der Waals surface area contributed by atoms with Crippen LogP contribution in [0.1, 0.15) is 18.1 Å². The van der Waals surface area contributed by atoms with Gasteiger partial charge in [0.15, 0.2) is 0 Å². The zero-order valence-electron chi connectivity index (χ0n) is 13.1. The molecule has 0 spiro atoms. The number of nitrogens with one attached hydrogen (secondary N) is 1. The Labute approximate surface area is 136 Å². The third-order valence-electron chi connectivity index (χ3n) is 3.64. The van der Waals surface area contributed by atoms with Gasteiger partial charge in [0.1, 0.15) is 12.4 Å². The van der Waals surface area contributed by atoms with Crippen molar-refractivity contribution in [2.24, 2.45) is 0 Å². The minimum Gasteiger partial charge on any atom is -0.488 e. The number of fused-ring (bicyclic) bond motifs is 1. The largest absolute Gasteiger partial charge is 0.488 e. The molecule has 116 valence electrons. The van der Waals surface area contributed by atoms with Gasteiger partial charge in [-0.15, -0.1) is 0 Å². The molecule has 0 fully saturated rings. The molecule has 0 heterocycles. The van der Waals surface area contributed by atoms with Crippen LogP contribution in [-0.2, 0) is 11.3 Å². The van der Waals surface area contributed by atoms with Gasteiger partial charge in [0.25, 0.3) is 0 Å². The van der Waals surface area contributed by atoms with E-state index in [0.717, 1.165) is 16.3 Å². The lowest BCUT2D eigenvalue weighted by Gasteiger charge is -2.15. The van der Waals surface area contributed by atoms with Gasteiger partial charge in [0.05, 0.1) is 12.2 Å². The molecule has 3 rings (SSSR count). The molecular formula is C20H19NO2. The summed E-state index contributed by atoms with van der Waals surface area (Å²) in [6, 6.07) is 21.9. The van der Waals surface area contributed by atoms with Crippen molar-refractivity contribution in [3.8, 4) is 5.75 Å². The van der Waals surface area contributed by atoms with E-state index in [4.69, 9.17) is 14.9 Å². The van der Waals surface area contributed by atoms with Crippen LogP contribution in [0, 0.1) is 5.41 Å². The van der Waals surface area contributed by atoms with E-state index < -0.39 is 0 Å². The van der Waals surface area contributed by atoms with Crippen molar-refractivity contribution < 1.29 is 9.47 Å². The van der Waals surface area contributed by atoms with Crippen LogP contribution in [0.5, 0.6) is 5.75 Å². The fraction of sp³-hybridized carbons (Fsp3) is 0.150. The second-order valence-corrected chi connectivity index (χ2v) is 5.20. The summed E-state index contributed by atoms with van der Waals surface area (Å²) < 4.78 is 11.4. The van der Waals surface area contributed by atoms with E-state index in [1.807, 2.05) is 73.7 Å². The molecule has 3 aromatic rings. The first-order chi connectivity index (χ1) is 11.3. The highest BCUT2D eigenvalue weighted by molar-refractivity contribution is 6.08. The molecule has 0 unspecified atom stereocenters. The standard InChI is InChI=1S/C20H19NO2/c1-2-22-20(21)19-17-11-7-6-10-16(17)12-13-18(19)23-14-15-8-4-3-5-9-15/h3-13,21H,2,14H2,1H3. The Morgan fingerprint density at radius 2 is 1.65 bits per heavy atom. The summed E-state index contributed by atoms with van der Waals surface area (Å²) in [6.45, 7) is 2.80. The van der Waals surface area contributed by atoms with Crippen LogP contribution < -0.4 is 4.74 Å². The first-order valence-corrected chi connectivity index (χ1v) is 7.69. The third-order valence-corrected chi connectivity index (χ3v) is 3.64. The average molecular weight is 305 g/mol. The van der Waals surface area contributed by atoms with Gasteiger partial charge in [-0.25, -0.2) is 0 Å². The Morgan fingerprint density at radius 1 is 0.913 bits per heavy atom. The molecule has 3 aromatic carbocycles. The van der Waals surface area contributed by atoms with E-state index in [0.29, 0.717) is 24.5 Å². The fourth-order valence-electron chi connectivity index (χ4n) is 2.56. The first-order valence-electron chi connectivity index (χ1n) is 7.69. The van der Waals surface area contributed by atoms with Gasteiger partial charge in [0, 0.05) is 0 Å². The quantitative estimate of drug-likeness (QED) is 0.544. The molecule has 0 saturated carbocycles. The zero-order chi connectivity index (χ0) is 16.1. The predicted molar refractivity (Wildman–Crippen MR) is 93.2 cm³/mol. The molecule has 0 aromatic heterocycles. The SMILES string of the molecule is CCOC(=N)c1c(OCc2ccccc2)ccc2ccccc12. The zero-order valence-corrected chi connectivity index (χ0v) is 13.1. The van der Waals surface area contributed by atoms with Crippen LogP contribution in [0.4, 0.5) is 0 Å². The van der Waals surface area contributed by atoms with Crippen molar-refractivity contribution in [1.82, 2.24) is 0 Å². The molecule has 3 heteroatoms. The molecule has 0 amide bonds. The third kappa shape index (κ3) is 3.34.